The van der Waals surface area contributed by atoms with E-state index in [1.165, 1.54) is 37.1 Å². The van der Waals surface area contributed by atoms with Gasteiger partial charge < -0.3 is 15.1 Å². The van der Waals surface area contributed by atoms with E-state index in [9.17, 15) is 0 Å². The first kappa shape index (κ1) is 13.2. The Morgan fingerprint density at radius 3 is 3.00 bits per heavy atom. The Labute approximate surface area is 116 Å². The SMILES string of the molecule is Cc1cc2c(o1)CC(C)(C)CC2NC1CCCNC1. The van der Waals surface area contributed by atoms with E-state index in [0.717, 1.165) is 18.7 Å². The van der Waals surface area contributed by atoms with Gasteiger partial charge in [-0.1, -0.05) is 13.8 Å². The molecule has 0 spiro atoms. The van der Waals surface area contributed by atoms with Crippen LogP contribution in [0.25, 0.3) is 0 Å². The van der Waals surface area contributed by atoms with Gasteiger partial charge in [0.2, 0.25) is 0 Å². The van der Waals surface area contributed by atoms with Gasteiger partial charge in [0, 0.05) is 30.6 Å². The van der Waals surface area contributed by atoms with Gasteiger partial charge in [-0.25, -0.2) is 0 Å². The predicted octanol–water partition coefficient (Wildman–Crippen LogP) is 2.94. The average Bonchev–Trinajstić information content (AvgIpc) is 2.69. The van der Waals surface area contributed by atoms with Crippen molar-refractivity contribution in [1.82, 2.24) is 10.6 Å². The highest BCUT2D eigenvalue weighted by atomic mass is 16.3. The molecular formula is C16H26N2O. The Kier molecular flexibility index (Phi) is 3.44. The minimum absolute atomic E-state index is 0.330. The minimum atomic E-state index is 0.330. The Morgan fingerprint density at radius 1 is 1.42 bits per heavy atom. The third kappa shape index (κ3) is 2.87. The maximum Gasteiger partial charge on any atom is 0.109 e. The van der Waals surface area contributed by atoms with Gasteiger partial charge in [-0.3, -0.25) is 0 Å². The molecule has 2 aliphatic rings. The first-order valence-electron chi connectivity index (χ1n) is 7.59. The van der Waals surface area contributed by atoms with Crippen LogP contribution in [0, 0.1) is 12.3 Å². The molecule has 2 heterocycles. The molecule has 0 aromatic carbocycles. The fourth-order valence-electron chi connectivity index (χ4n) is 3.61. The van der Waals surface area contributed by atoms with Crippen molar-refractivity contribution in [3.63, 3.8) is 0 Å². The van der Waals surface area contributed by atoms with Gasteiger partial charge in [-0.05, 0) is 44.2 Å². The molecule has 1 saturated heterocycles. The molecule has 1 aliphatic carbocycles. The van der Waals surface area contributed by atoms with Crippen LogP contribution in [-0.4, -0.2) is 19.1 Å². The highest BCUT2D eigenvalue weighted by Gasteiger charge is 2.35. The van der Waals surface area contributed by atoms with E-state index < -0.39 is 0 Å². The highest BCUT2D eigenvalue weighted by molar-refractivity contribution is 5.29. The number of rotatable bonds is 2. The van der Waals surface area contributed by atoms with E-state index >= 15 is 0 Å². The average molecular weight is 262 g/mol. The molecule has 1 fully saturated rings. The van der Waals surface area contributed by atoms with E-state index in [2.05, 4.69) is 37.5 Å². The monoisotopic (exact) mass is 262 g/mol. The third-order valence-corrected chi connectivity index (χ3v) is 4.47. The molecule has 3 heteroatoms. The summed E-state index contributed by atoms with van der Waals surface area (Å²) in [5, 5.41) is 7.35. The van der Waals surface area contributed by atoms with Gasteiger partial charge in [0.05, 0.1) is 0 Å². The number of hydrogen-bond donors (Lipinski definition) is 2. The van der Waals surface area contributed by atoms with Crippen LogP contribution in [0.2, 0.25) is 0 Å². The summed E-state index contributed by atoms with van der Waals surface area (Å²) in [4.78, 5) is 0. The van der Waals surface area contributed by atoms with Crippen LogP contribution in [0.4, 0.5) is 0 Å². The lowest BCUT2D eigenvalue weighted by atomic mass is 9.74. The van der Waals surface area contributed by atoms with E-state index in [-0.39, 0.29) is 0 Å². The minimum Gasteiger partial charge on any atom is -0.466 e. The van der Waals surface area contributed by atoms with E-state index in [1.807, 2.05) is 0 Å². The first-order valence-corrected chi connectivity index (χ1v) is 7.59. The molecule has 0 saturated carbocycles. The smallest absolute Gasteiger partial charge is 0.109 e. The third-order valence-electron chi connectivity index (χ3n) is 4.47. The normalized spacial score (nSPS) is 30.1. The summed E-state index contributed by atoms with van der Waals surface area (Å²) in [6, 6.07) is 3.30. The maximum absolute atomic E-state index is 5.91. The van der Waals surface area contributed by atoms with Gasteiger partial charge in [0.1, 0.15) is 11.5 Å². The van der Waals surface area contributed by atoms with Crippen LogP contribution in [0.15, 0.2) is 10.5 Å². The van der Waals surface area contributed by atoms with E-state index in [4.69, 9.17) is 4.42 Å². The number of piperidine rings is 1. The van der Waals surface area contributed by atoms with Crippen molar-refractivity contribution in [2.45, 2.75) is 58.5 Å². The second-order valence-electron chi connectivity index (χ2n) is 7.04. The standard InChI is InChI=1S/C16H26N2O/c1-11-7-13-14(18-12-5-4-6-17-10-12)8-16(2,3)9-15(13)19-11/h7,12,14,17-18H,4-6,8-10H2,1-3H3. The zero-order valence-corrected chi connectivity index (χ0v) is 12.4. The van der Waals surface area contributed by atoms with Crippen LogP contribution in [-0.2, 0) is 6.42 Å². The summed E-state index contributed by atoms with van der Waals surface area (Å²) in [5.74, 6) is 2.26. The van der Waals surface area contributed by atoms with Crippen molar-refractivity contribution in [2.24, 2.45) is 5.41 Å². The molecule has 2 unspecified atom stereocenters. The molecule has 0 radical (unpaired) electrons. The molecule has 0 bridgehead atoms. The quantitative estimate of drug-likeness (QED) is 0.860. The molecule has 106 valence electrons. The molecule has 1 aromatic rings. The second-order valence-corrected chi connectivity index (χ2v) is 7.04. The first-order chi connectivity index (χ1) is 9.03. The number of hydrogen-bond acceptors (Lipinski definition) is 3. The Bertz CT molecular complexity index is 444. The van der Waals surface area contributed by atoms with Crippen LogP contribution in [0.3, 0.4) is 0 Å². The predicted molar refractivity (Wildman–Crippen MR) is 77.3 cm³/mol. The molecule has 19 heavy (non-hydrogen) atoms. The maximum atomic E-state index is 5.91. The lowest BCUT2D eigenvalue weighted by Crippen LogP contribution is -2.46. The number of fused-ring (bicyclic) bond motifs is 1. The van der Waals surface area contributed by atoms with Crippen LogP contribution < -0.4 is 10.6 Å². The van der Waals surface area contributed by atoms with Crippen molar-refractivity contribution in [3.05, 3.63) is 23.2 Å². The molecule has 2 atom stereocenters. The Balaban J connectivity index is 1.79. The molecule has 2 N–H and O–H groups in total. The lowest BCUT2D eigenvalue weighted by molar-refractivity contribution is 0.216. The lowest BCUT2D eigenvalue weighted by Gasteiger charge is -2.37. The van der Waals surface area contributed by atoms with Gasteiger partial charge in [-0.2, -0.15) is 0 Å². The number of furan rings is 1. The summed E-state index contributed by atoms with van der Waals surface area (Å²) in [5.41, 5.74) is 1.74. The topological polar surface area (TPSA) is 37.2 Å². The fraction of sp³-hybridized carbons (Fsp3) is 0.750. The highest BCUT2D eigenvalue weighted by Crippen LogP contribution is 2.42. The second kappa shape index (κ2) is 4.95. The number of aryl methyl sites for hydroxylation is 1. The van der Waals surface area contributed by atoms with Gasteiger partial charge in [0.25, 0.3) is 0 Å². The fourth-order valence-corrected chi connectivity index (χ4v) is 3.61. The molecule has 1 aliphatic heterocycles. The van der Waals surface area contributed by atoms with E-state index in [0.29, 0.717) is 17.5 Å². The Hall–Kier alpha value is -0.800. The zero-order valence-electron chi connectivity index (χ0n) is 12.4. The molecule has 3 rings (SSSR count). The van der Waals surface area contributed by atoms with Crippen molar-refractivity contribution in [1.29, 1.82) is 0 Å². The van der Waals surface area contributed by atoms with E-state index in [1.54, 1.807) is 0 Å². The summed E-state index contributed by atoms with van der Waals surface area (Å²) < 4.78 is 5.91. The molecule has 1 aromatic heterocycles. The molecule has 3 nitrogen and oxygen atoms in total. The van der Waals surface area contributed by atoms with Crippen molar-refractivity contribution in [2.75, 3.05) is 13.1 Å². The van der Waals surface area contributed by atoms with Crippen molar-refractivity contribution >= 4 is 0 Å². The van der Waals surface area contributed by atoms with Gasteiger partial charge >= 0.3 is 0 Å². The van der Waals surface area contributed by atoms with Crippen LogP contribution in [0.1, 0.15) is 56.2 Å². The molecule has 0 amide bonds. The summed E-state index contributed by atoms with van der Waals surface area (Å²) >= 11 is 0. The summed E-state index contributed by atoms with van der Waals surface area (Å²) in [6.07, 6.45) is 4.84. The number of nitrogens with one attached hydrogen (secondary N) is 2. The van der Waals surface area contributed by atoms with Gasteiger partial charge in [-0.15, -0.1) is 0 Å². The Morgan fingerprint density at radius 2 is 2.26 bits per heavy atom. The largest absolute Gasteiger partial charge is 0.466 e. The zero-order chi connectivity index (χ0) is 13.5. The van der Waals surface area contributed by atoms with Crippen molar-refractivity contribution in [3.8, 4) is 0 Å². The summed E-state index contributed by atoms with van der Waals surface area (Å²) in [7, 11) is 0. The summed E-state index contributed by atoms with van der Waals surface area (Å²) in [6.45, 7) is 9.03. The van der Waals surface area contributed by atoms with Crippen LogP contribution in [0.5, 0.6) is 0 Å². The molecular weight excluding hydrogens is 236 g/mol. The van der Waals surface area contributed by atoms with Gasteiger partial charge in [0.15, 0.2) is 0 Å². The van der Waals surface area contributed by atoms with Crippen molar-refractivity contribution < 1.29 is 4.42 Å². The van der Waals surface area contributed by atoms with Crippen LogP contribution >= 0.6 is 0 Å².